The second-order valence-electron chi connectivity index (χ2n) is 5.21. The molecule has 1 N–H and O–H groups in total. The first-order valence-electron chi connectivity index (χ1n) is 7.26. The minimum absolute atomic E-state index is 0.154. The highest BCUT2D eigenvalue weighted by Gasteiger charge is 2.30. The molecule has 0 aliphatic carbocycles. The van der Waals surface area contributed by atoms with E-state index in [9.17, 15) is 23.1 Å². The zero-order valence-corrected chi connectivity index (χ0v) is 12.4. The monoisotopic (exact) mass is 329 g/mol. The van der Waals surface area contributed by atoms with Gasteiger partial charge in [-0.15, -0.1) is 0 Å². The van der Waals surface area contributed by atoms with Crippen LogP contribution in [0.5, 0.6) is 0 Å². The Kier molecular flexibility index (Phi) is 5.79. The number of ether oxygens (including phenoxy) is 1. The topological polar surface area (TPSA) is 49.8 Å². The SMILES string of the molecule is O=C(/C=C/C[C@@H](O)c1ccc(C(F)(F)F)cc1)N1CCOCC1. The van der Waals surface area contributed by atoms with Crippen LogP contribution in [0.4, 0.5) is 13.2 Å². The van der Waals surface area contributed by atoms with Crippen molar-refractivity contribution >= 4 is 5.91 Å². The maximum absolute atomic E-state index is 12.5. The molecule has 0 spiro atoms. The number of rotatable bonds is 4. The number of benzene rings is 1. The van der Waals surface area contributed by atoms with Gasteiger partial charge in [-0.2, -0.15) is 13.2 Å². The Hall–Kier alpha value is -1.86. The lowest BCUT2D eigenvalue weighted by molar-refractivity contribution is -0.137. The third kappa shape index (κ3) is 5.07. The summed E-state index contributed by atoms with van der Waals surface area (Å²) in [5, 5.41) is 9.96. The van der Waals surface area contributed by atoms with E-state index in [-0.39, 0.29) is 12.3 Å². The number of aliphatic hydroxyl groups excluding tert-OH is 1. The summed E-state index contributed by atoms with van der Waals surface area (Å²) < 4.78 is 42.5. The molecule has 4 nitrogen and oxygen atoms in total. The number of aliphatic hydroxyl groups is 1. The Balaban J connectivity index is 1.87. The predicted molar refractivity (Wildman–Crippen MR) is 77.6 cm³/mol. The molecule has 1 heterocycles. The smallest absolute Gasteiger partial charge is 0.388 e. The lowest BCUT2D eigenvalue weighted by Gasteiger charge is -2.25. The molecule has 1 aliphatic heterocycles. The van der Waals surface area contributed by atoms with Crippen LogP contribution in [-0.4, -0.2) is 42.2 Å². The number of carbonyl (C=O) groups is 1. The number of nitrogens with zero attached hydrogens (tertiary/aromatic N) is 1. The Bertz CT molecular complexity index is 549. The minimum atomic E-state index is -4.39. The largest absolute Gasteiger partial charge is 0.416 e. The quantitative estimate of drug-likeness (QED) is 0.864. The van der Waals surface area contributed by atoms with Crippen LogP contribution >= 0.6 is 0 Å². The molecule has 0 saturated carbocycles. The second kappa shape index (κ2) is 7.61. The molecule has 1 fully saturated rings. The van der Waals surface area contributed by atoms with Gasteiger partial charge in [0, 0.05) is 13.1 Å². The lowest BCUT2D eigenvalue weighted by atomic mass is 10.0. The first kappa shape index (κ1) is 17.5. The van der Waals surface area contributed by atoms with E-state index >= 15 is 0 Å². The minimum Gasteiger partial charge on any atom is -0.388 e. The van der Waals surface area contributed by atoms with Gasteiger partial charge in [0.2, 0.25) is 5.91 Å². The van der Waals surface area contributed by atoms with Crippen LogP contribution in [0.15, 0.2) is 36.4 Å². The summed E-state index contributed by atoms with van der Waals surface area (Å²) in [4.78, 5) is 13.5. The number of alkyl halides is 3. The van der Waals surface area contributed by atoms with Crippen LogP contribution in [-0.2, 0) is 15.7 Å². The number of hydrogen-bond donors (Lipinski definition) is 1. The second-order valence-corrected chi connectivity index (χ2v) is 5.21. The van der Waals surface area contributed by atoms with E-state index < -0.39 is 17.8 Å². The molecule has 0 aromatic heterocycles. The highest BCUT2D eigenvalue weighted by molar-refractivity contribution is 5.87. The fourth-order valence-corrected chi connectivity index (χ4v) is 2.22. The molecule has 0 bridgehead atoms. The molecule has 23 heavy (non-hydrogen) atoms. The van der Waals surface area contributed by atoms with Crippen LogP contribution in [0.1, 0.15) is 23.7 Å². The zero-order valence-electron chi connectivity index (χ0n) is 12.4. The number of morpholine rings is 1. The van der Waals surface area contributed by atoms with Gasteiger partial charge in [-0.3, -0.25) is 4.79 Å². The van der Waals surface area contributed by atoms with Gasteiger partial charge in [-0.05, 0) is 30.2 Å². The summed E-state index contributed by atoms with van der Waals surface area (Å²) in [6.45, 7) is 2.08. The van der Waals surface area contributed by atoms with Gasteiger partial charge in [-0.25, -0.2) is 0 Å². The average Bonchev–Trinajstić information content (AvgIpc) is 2.54. The Morgan fingerprint density at radius 2 is 1.87 bits per heavy atom. The van der Waals surface area contributed by atoms with E-state index in [1.54, 1.807) is 4.90 Å². The van der Waals surface area contributed by atoms with Gasteiger partial charge in [0.25, 0.3) is 0 Å². The van der Waals surface area contributed by atoms with Crippen LogP contribution in [0, 0.1) is 0 Å². The fraction of sp³-hybridized carbons (Fsp3) is 0.438. The summed E-state index contributed by atoms with van der Waals surface area (Å²) in [6.07, 6.45) is -2.29. The maximum Gasteiger partial charge on any atom is 0.416 e. The van der Waals surface area contributed by atoms with Gasteiger partial charge >= 0.3 is 6.18 Å². The molecule has 1 aliphatic rings. The number of amides is 1. The molecule has 0 radical (unpaired) electrons. The third-order valence-corrected chi connectivity index (χ3v) is 3.57. The van der Waals surface area contributed by atoms with Crippen molar-refractivity contribution in [2.24, 2.45) is 0 Å². The van der Waals surface area contributed by atoms with Crippen molar-refractivity contribution in [2.75, 3.05) is 26.3 Å². The van der Waals surface area contributed by atoms with Crippen molar-refractivity contribution in [3.8, 4) is 0 Å². The lowest BCUT2D eigenvalue weighted by Crippen LogP contribution is -2.39. The fourth-order valence-electron chi connectivity index (χ4n) is 2.22. The molecular weight excluding hydrogens is 311 g/mol. The molecule has 126 valence electrons. The Labute approximate surface area is 132 Å². The van der Waals surface area contributed by atoms with Gasteiger partial charge in [0.05, 0.1) is 24.9 Å². The molecular formula is C16H18F3NO3. The van der Waals surface area contributed by atoms with E-state index in [2.05, 4.69) is 0 Å². The summed E-state index contributed by atoms with van der Waals surface area (Å²) >= 11 is 0. The van der Waals surface area contributed by atoms with E-state index in [1.807, 2.05) is 0 Å². The van der Waals surface area contributed by atoms with Crippen LogP contribution in [0.2, 0.25) is 0 Å². The molecule has 1 aromatic carbocycles. The summed E-state index contributed by atoms with van der Waals surface area (Å²) in [5.74, 6) is -0.159. The van der Waals surface area contributed by atoms with Gasteiger partial charge < -0.3 is 14.7 Å². The highest BCUT2D eigenvalue weighted by Crippen LogP contribution is 2.30. The number of carbonyl (C=O) groups excluding carboxylic acids is 1. The van der Waals surface area contributed by atoms with Crippen LogP contribution in [0.3, 0.4) is 0 Å². The zero-order chi connectivity index (χ0) is 16.9. The van der Waals surface area contributed by atoms with Crippen molar-refractivity contribution < 1.29 is 27.8 Å². The number of hydrogen-bond acceptors (Lipinski definition) is 3. The van der Waals surface area contributed by atoms with E-state index in [1.165, 1.54) is 24.3 Å². The van der Waals surface area contributed by atoms with E-state index in [0.717, 1.165) is 12.1 Å². The molecule has 1 atom stereocenters. The standard InChI is InChI=1S/C16H18F3NO3/c17-16(18,19)13-6-4-12(5-7-13)14(21)2-1-3-15(22)20-8-10-23-11-9-20/h1,3-7,14,21H,2,8-11H2/b3-1+/t14-/m1/s1. The van der Waals surface area contributed by atoms with Crippen molar-refractivity contribution in [3.05, 3.63) is 47.5 Å². The summed E-state index contributed by atoms with van der Waals surface area (Å²) in [6, 6.07) is 4.35. The van der Waals surface area contributed by atoms with Crippen molar-refractivity contribution in [2.45, 2.75) is 18.7 Å². The summed E-state index contributed by atoms with van der Waals surface area (Å²) in [7, 11) is 0. The predicted octanol–water partition coefficient (Wildman–Crippen LogP) is 2.54. The first-order valence-corrected chi connectivity index (χ1v) is 7.26. The molecule has 1 aromatic rings. The molecule has 0 unspecified atom stereocenters. The van der Waals surface area contributed by atoms with Crippen molar-refractivity contribution in [1.29, 1.82) is 0 Å². The first-order chi connectivity index (χ1) is 10.9. The average molecular weight is 329 g/mol. The Morgan fingerprint density at radius 1 is 1.26 bits per heavy atom. The summed E-state index contributed by atoms with van der Waals surface area (Å²) in [5.41, 5.74) is -0.382. The van der Waals surface area contributed by atoms with Gasteiger partial charge in [0.1, 0.15) is 0 Å². The molecule has 2 rings (SSSR count). The van der Waals surface area contributed by atoms with E-state index in [4.69, 9.17) is 4.74 Å². The molecule has 1 saturated heterocycles. The molecule has 7 heteroatoms. The molecule has 1 amide bonds. The van der Waals surface area contributed by atoms with Gasteiger partial charge in [-0.1, -0.05) is 18.2 Å². The van der Waals surface area contributed by atoms with E-state index in [0.29, 0.717) is 31.9 Å². The third-order valence-electron chi connectivity index (χ3n) is 3.57. The van der Waals surface area contributed by atoms with Crippen LogP contribution in [0.25, 0.3) is 0 Å². The van der Waals surface area contributed by atoms with Crippen molar-refractivity contribution in [3.63, 3.8) is 0 Å². The highest BCUT2D eigenvalue weighted by atomic mass is 19.4. The van der Waals surface area contributed by atoms with Crippen LogP contribution < -0.4 is 0 Å². The maximum atomic E-state index is 12.5. The normalized spacial score (nSPS) is 17.5. The van der Waals surface area contributed by atoms with Crippen molar-refractivity contribution in [1.82, 2.24) is 4.90 Å². The number of halogens is 3. The van der Waals surface area contributed by atoms with Gasteiger partial charge in [0.15, 0.2) is 0 Å². The Morgan fingerprint density at radius 3 is 2.43 bits per heavy atom.